The first kappa shape index (κ1) is 22.3. The number of nitrogens with zero attached hydrogens (tertiary/aromatic N) is 2. The van der Waals surface area contributed by atoms with Crippen LogP contribution >= 0.6 is 22.9 Å². The molecule has 0 saturated heterocycles. The molecule has 1 aromatic carbocycles. The van der Waals surface area contributed by atoms with Crippen molar-refractivity contribution in [1.29, 1.82) is 0 Å². The Morgan fingerprint density at radius 1 is 1.14 bits per heavy atom. The maximum atomic E-state index is 12.8. The lowest BCUT2D eigenvalue weighted by Crippen LogP contribution is -2.47. The van der Waals surface area contributed by atoms with Crippen LogP contribution in [0.4, 0.5) is 5.13 Å². The fourth-order valence-corrected chi connectivity index (χ4v) is 3.53. The summed E-state index contributed by atoms with van der Waals surface area (Å²) >= 11 is 7.19. The lowest BCUT2D eigenvalue weighted by atomic mass is 9.98. The van der Waals surface area contributed by atoms with Crippen LogP contribution in [0, 0.1) is 5.92 Å². The third-order valence-electron chi connectivity index (χ3n) is 4.57. The second-order valence-electron chi connectivity index (χ2n) is 6.80. The lowest BCUT2D eigenvalue weighted by molar-refractivity contribution is -0.127. The van der Waals surface area contributed by atoms with Gasteiger partial charge in [0.05, 0.1) is 0 Å². The highest BCUT2D eigenvalue weighted by molar-refractivity contribution is 7.18. The molecule has 2 rings (SSSR count). The van der Waals surface area contributed by atoms with E-state index >= 15 is 0 Å². The zero-order valence-electron chi connectivity index (χ0n) is 16.5. The van der Waals surface area contributed by atoms with Gasteiger partial charge in [-0.05, 0) is 24.5 Å². The summed E-state index contributed by atoms with van der Waals surface area (Å²) in [5.41, 5.74) is 0.880. The van der Waals surface area contributed by atoms with Gasteiger partial charge in [-0.25, -0.2) is 0 Å². The molecule has 1 heterocycles. The molecule has 0 bridgehead atoms. The molecule has 1 aromatic heterocycles. The molecule has 0 saturated carbocycles. The number of carbonyl (C=O) groups excluding carboxylic acids is 2. The van der Waals surface area contributed by atoms with E-state index in [-0.39, 0.29) is 17.7 Å². The van der Waals surface area contributed by atoms with Gasteiger partial charge in [0.1, 0.15) is 11.0 Å². The van der Waals surface area contributed by atoms with Crippen LogP contribution in [0.3, 0.4) is 0 Å². The van der Waals surface area contributed by atoms with Gasteiger partial charge in [-0.3, -0.25) is 14.9 Å². The summed E-state index contributed by atoms with van der Waals surface area (Å²) in [6.07, 6.45) is 4.10. The van der Waals surface area contributed by atoms with Gasteiger partial charge in [0.2, 0.25) is 16.9 Å². The van der Waals surface area contributed by atoms with E-state index in [1.165, 1.54) is 11.3 Å². The second-order valence-corrected chi connectivity index (χ2v) is 8.21. The predicted octanol–water partition coefficient (Wildman–Crippen LogP) is 4.91. The second kappa shape index (κ2) is 11.1. The summed E-state index contributed by atoms with van der Waals surface area (Å²) in [6.45, 7) is 6.04. The predicted molar refractivity (Wildman–Crippen MR) is 115 cm³/mol. The standard InChI is InChI=1S/C20H27ClN4O2S/c1-4-6-7-8-16(26)22-17(13(3)5-2)18(27)23-20-25-24-19(28-20)14-9-11-15(21)12-10-14/h9-13,17H,4-8H2,1-3H3,(H,22,26)(H,23,25,27). The van der Waals surface area contributed by atoms with Crippen molar-refractivity contribution in [3.05, 3.63) is 29.3 Å². The minimum atomic E-state index is -0.595. The first-order valence-corrected chi connectivity index (χ1v) is 10.8. The Bertz CT molecular complexity index is 779. The molecule has 6 nitrogen and oxygen atoms in total. The van der Waals surface area contributed by atoms with Crippen molar-refractivity contribution >= 4 is 39.9 Å². The third kappa shape index (κ3) is 6.56. The van der Waals surface area contributed by atoms with Crippen LogP contribution in [0.15, 0.2) is 24.3 Å². The van der Waals surface area contributed by atoms with Crippen molar-refractivity contribution in [1.82, 2.24) is 15.5 Å². The molecule has 0 aliphatic rings. The molecule has 8 heteroatoms. The normalized spacial score (nSPS) is 13.0. The largest absolute Gasteiger partial charge is 0.344 e. The smallest absolute Gasteiger partial charge is 0.249 e. The first-order valence-electron chi connectivity index (χ1n) is 9.64. The number of rotatable bonds is 10. The van der Waals surface area contributed by atoms with E-state index in [2.05, 4.69) is 27.8 Å². The third-order valence-corrected chi connectivity index (χ3v) is 5.71. The molecule has 0 aliphatic heterocycles. The zero-order valence-corrected chi connectivity index (χ0v) is 18.1. The van der Waals surface area contributed by atoms with E-state index in [1.54, 1.807) is 12.1 Å². The van der Waals surface area contributed by atoms with E-state index in [4.69, 9.17) is 11.6 Å². The van der Waals surface area contributed by atoms with Crippen molar-refractivity contribution in [2.45, 2.75) is 58.9 Å². The van der Waals surface area contributed by atoms with Crippen LogP contribution in [0.2, 0.25) is 5.02 Å². The lowest BCUT2D eigenvalue weighted by Gasteiger charge is -2.23. The summed E-state index contributed by atoms with van der Waals surface area (Å²) in [5, 5.41) is 15.6. The number of unbranched alkanes of at least 4 members (excludes halogenated alkanes) is 2. The number of benzene rings is 1. The molecule has 0 fully saturated rings. The van der Waals surface area contributed by atoms with Gasteiger partial charge in [0.15, 0.2) is 0 Å². The number of halogens is 1. The van der Waals surface area contributed by atoms with Crippen LogP contribution < -0.4 is 10.6 Å². The number of hydrogen-bond acceptors (Lipinski definition) is 5. The average molecular weight is 423 g/mol. The monoisotopic (exact) mass is 422 g/mol. The summed E-state index contributed by atoms with van der Waals surface area (Å²) in [7, 11) is 0. The molecule has 0 radical (unpaired) electrons. The molecule has 2 aromatic rings. The van der Waals surface area contributed by atoms with E-state index in [0.717, 1.165) is 31.2 Å². The van der Waals surface area contributed by atoms with Crippen molar-refractivity contribution in [2.75, 3.05) is 5.32 Å². The maximum Gasteiger partial charge on any atom is 0.249 e. The Labute approximate surface area is 175 Å². The first-order chi connectivity index (χ1) is 13.4. The number of nitrogens with one attached hydrogen (secondary N) is 2. The van der Waals surface area contributed by atoms with E-state index in [1.807, 2.05) is 26.0 Å². The quantitative estimate of drug-likeness (QED) is 0.533. The number of aromatic nitrogens is 2. The minimum Gasteiger partial charge on any atom is -0.344 e. The minimum absolute atomic E-state index is 0.0128. The molecule has 2 N–H and O–H groups in total. The van der Waals surface area contributed by atoms with Crippen LogP contribution in [-0.2, 0) is 9.59 Å². The molecule has 2 unspecified atom stereocenters. The molecular weight excluding hydrogens is 396 g/mol. The number of anilines is 1. The van der Waals surface area contributed by atoms with Crippen LogP contribution in [-0.4, -0.2) is 28.1 Å². The van der Waals surface area contributed by atoms with Crippen molar-refractivity contribution in [3.63, 3.8) is 0 Å². The Morgan fingerprint density at radius 2 is 1.86 bits per heavy atom. The SMILES string of the molecule is CCCCCC(=O)NC(C(=O)Nc1nnc(-c2ccc(Cl)cc2)s1)C(C)CC. The number of hydrogen-bond donors (Lipinski definition) is 2. The number of carbonyl (C=O) groups is 2. The molecule has 2 amide bonds. The van der Waals surface area contributed by atoms with Crippen molar-refractivity contribution in [3.8, 4) is 10.6 Å². The molecule has 0 spiro atoms. The van der Waals surface area contributed by atoms with Crippen LogP contribution in [0.25, 0.3) is 10.6 Å². The summed E-state index contributed by atoms with van der Waals surface area (Å²) in [6, 6.07) is 6.68. The van der Waals surface area contributed by atoms with Gasteiger partial charge >= 0.3 is 0 Å². The van der Waals surface area contributed by atoms with E-state index in [0.29, 0.717) is 21.6 Å². The summed E-state index contributed by atoms with van der Waals surface area (Å²) in [4.78, 5) is 25.0. The number of amides is 2. The molecule has 152 valence electrons. The van der Waals surface area contributed by atoms with Gasteiger partial charge in [0.25, 0.3) is 0 Å². The van der Waals surface area contributed by atoms with E-state index in [9.17, 15) is 9.59 Å². The average Bonchev–Trinajstić information content (AvgIpc) is 3.14. The van der Waals surface area contributed by atoms with Gasteiger partial charge < -0.3 is 5.32 Å². The Morgan fingerprint density at radius 3 is 2.50 bits per heavy atom. The van der Waals surface area contributed by atoms with Gasteiger partial charge in [-0.2, -0.15) is 0 Å². The van der Waals surface area contributed by atoms with E-state index < -0.39 is 6.04 Å². The molecule has 0 aliphatic carbocycles. The van der Waals surface area contributed by atoms with Crippen molar-refractivity contribution in [2.24, 2.45) is 5.92 Å². The summed E-state index contributed by atoms with van der Waals surface area (Å²) < 4.78 is 0. The van der Waals surface area contributed by atoms with Gasteiger partial charge in [-0.15, -0.1) is 10.2 Å². The topological polar surface area (TPSA) is 84.0 Å². The Kier molecular flexibility index (Phi) is 8.86. The fourth-order valence-electron chi connectivity index (χ4n) is 2.65. The Balaban J connectivity index is 2.02. The van der Waals surface area contributed by atoms with Crippen molar-refractivity contribution < 1.29 is 9.59 Å². The highest BCUT2D eigenvalue weighted by atomic mass is 35.5. The summed E-state index contributed by atoms with van der Waals surface area (Å²) in [5.74, 6) is -0.344. The Hall–Kier alpha value is -1.99. The molecule has 28 heavy (non-hydrogen) atoms. The maximum absolute atomic E-state index is 12.8. The van der Waals surface area contributed by atoms with Gasteiger partial charge in [0, 0.05) is 17.0 Å². The van der Waals surface area contributed by atoms with Crippen LogP contribution in [0.5, 0.6) is 0 Å². The molecular formula is C20H27ClN4O2S. The highest BCUT2D eigenvalue weighted by Crippen LogP contribution is 2.27. The fraction of sp³-hybridized carbons (Fsp3) is 0.500. The highest BCUT2D eigenvalue weighted by Gasteiger charge is 2.26. The molecule has 2 atom stereocenters. The van der Waals surface area contributed by atoms with Gasteiger partial charge in [-0.1, -0.05) is 75.1 Å². The van der Waals surface area contributed by atoms with Crippen LogP contribution in [0.1, 0.15) is 52.9 Å². The zero-order chi connectivity index (χ0) is 20.5.